The first-order valence-electron chi connectivity index (χ1n) is 10.9. The van der Waals surface area contributed by atoms with Crippen molar-refractivity contribution < 1.29 is 13.9 Å². The summed E-state index contributed by atoms with van der Waals surface area (Å²) in [6.07, 6.45) is 7.02. The van der Waals surface area contributed by atoms with Crippen molar-refractivity contribution >= 4 is 8.32 Å². The van der Waals surface area contributed by atoms with E-state index in [0.717, 1.165) is 19.3 Å². The van der Waals surface area contributed by atoms with Gasteiger partial charge in [-0.1, -0.05) is 68.8 Å². The predicted octanol–water partition coefficient (Wildman–Crippen LogP) is 6.66. The Morgan fingerprint density at radius 2 is 1.90 bits per heavy atom. The van der Waals surface area contributed by atoms with Crippen LogP contribution in [0.5, 0.6) is 0 Å². The fourth-order valence-electron chi connectivity index (χ4n) is 3.33. The molecule has 0 spiro atoms. The molecule has 0 saturated heterocycles. The van der Waals surface area contributed by atoms with Crippen LogP contribution in [0.2, 0.25) is 18.1 Å². The summed E-state index contributed by atoms with van der Waals surface area (Å²) in [6, 6.07) is 10.3. The molecular formula is C25H40O3Si. The van der Waals surface area contributed by atoms with E-state index in [-0.39, 0.29) is 23.4 Å². The minimum absolute atomic E-state index is 0.00146. The van der Waals surface area contributed by atoms with E-state index in [9.17, 15) is 0 Å². The lowest BCUT2D eigenvalue weighted by atomic mass is 10.1. The van der Waals surface area contributed by atoms with Gasteiger partial charge in [-0.2, -0.15) is 0 Å². The third-order valence-electron chi connectivity index (χ3n) is 6.11. The highest BCUT2D eigenvalue weighted by Crippen LogP contribution is 2.38. The average Bonchev–Trinajstić information content (AvgIpc) is 2.71. The molecule has 3 nitrogen and oxygen atoms in total. The van der Waals surface area contributed by atoms with Crippen molar-refractivity contribution in [3.05, 3.63) is 60.2 Å². The molecule has 1 aromatic carbocycles. The third kappa shape index (κ3) is 7.52. The molecule has 1 heterocycles. The summed E-state index contributed by atoms with van der Waals surface area (Å²) in [5.74, 6) is 0. The van der Waals surface area contributed by atoms with E-state index in [1.165, 1.54) is 11.1 Å². The van der Waals surface area contributed by atoms with E-state index < -0.39 is 8.32 Å². The van der Waals surface area contributed by atoms with Gasteiger partial charge in [0.05, 0.1) is 25.4 Å². The Hall–Kier alpha value is -1.20. The lowest BCUT2D eigenvalue weighted by Gasteiger charge is -2.41. The molecule has 0 amide bonds. The zero-order valence-corrected chi connectivity index (χ0v) is 20.2. The van der Waals surface area contributed by atoms with Crippen molar-refractivity contribution in [1.29, 1.82) is 0 Å². The molecule has 0 N–H and O–H groups in total. The summed E-state index contributed by atoms with van der Waals surface area (Å²) in [6.45, 7) is 18.9. The number of allylic oxidation sites excluding steroid dienone is 1. The molecular weight excluding hydrogens is 376 g/mol. The molecule has 162 valence electrons. The Morgan fingerprint density at radius 3 is 2.52 bits per heavy atom. The van der Waals surface area contributed by atoms with E-state index in [0.29, 0.717) is 13.2 Å². The number of rotatable bonds is 7. The van der Waals surface area contributed by atoms with Crippen LogP contribution in [0.25, 0.3) is 0 Å². The first-order valence-corrected chi connectivity index (χ1v) is 13.8. The minimum atomic E-state index is -1.89. The molecule has 0 aromatic heterocycles. The van der Waals surface area contributed by atoms with Crippen LogP contribution in [-0.2, 0) is 20.5 Å². The van der Waals surface area contributed by atoms with E-state index in [1.54, 1.807) is 0 Å². The van der Waals surface area contributed by atoms with E-state index in [4.69, 9.17) is 13.9 Å². The maximum absolute atomic E-state index is 6.77. The van der Waals surface area contributed by atoms with Crippen LogP contribution in [0.1, 0.15) is 52.5 Å². The largest absolute Gasteiger partial charge is 0.411 e. The van der Waals surface area contributed by atoms with Gasteiger partial charge >= 0.3 is 0 Å². The smallest absolute Gasteiger partial charge is 0.192 e. The normalized spacial score (nSPS) is 26.0. The molecule has 0 saturated carbocycles. The summed E-state index contributed by atoms with van der Waals surface area (Å²) in [5, 5.41) is 0.168. The quantitative estimate of drug-likeness (QED) is 0.367. The lowest BCUT2D eigenvalue weighted by Crippen LogP contribution is -2.47. The van der Waals surface area contributed by atoms with Crippen LogP contribution in [-0.4, -0.2) is 33.2 Å². The summed E-state index contributed by atoms with van der Waals surface area (Å²) in [5.41, 5.74) is 2.54. The van der Waals surface area contributed by atoms with Gasteiger partial charge in [0.2, 0.25) is 0 Å². The van der Waals surface area contributed by atoms with E-state index in [2.05, 4.69) is 65.6 Å². The molecule has 0 unspecified atom stereocenters. The Morgan fingerprint density at radius 1 is 1.21 bits per heavy atom. The topological polar surface area (TPSA) is 27.7 Å². The van der Waals surface area contributed by atoms with Crippen LogP contribution in [0.15, 0.2) is 54.6 Å². The van der Waals surface area contributed by atoms with Gasteiger partial charge in [0.15, 0.2) is 8.32 Å². The van der Waals surface area contributed by atoms with Gasteiger partial charge in [0.25, 0.3) is 0 Å². The van der Waals surface area contributed by atoms with Gasteiger partial charge in [-0.15, -0.1) is 6.58 Å². The lowest BCUT2D eigenvalue weighted by molar-refractivity contribution is -0.0799. The maximum Gasteiger partial charge on any atom is 0.192 e. The molecule has 1 aliphatic heterocycles. The SMILES string of the molecule is C=C[C@H]1O[C@@H](COCc2ccccc2)C/C(C)=C\CC[C@H]1O[Si](C)(C)C(C)(C)C. The van der Waals surface area contributed by atoms with Gasteiger partial charge in [0.1, 0.15) is 6.10 Å². The molecule has 0 fully saturated rings. The first kappa shape index (κ1) is 24.1. The second kappa shape index (κ2) is 10.7. The molecule has 0 aliphatic carbocycles. The van der Waals surface area contributed by atoms with Crippen LogP contribution in [0, 0.1) is 0 Å². The summed E-state index contributed by atoms with van der Waals surface area (Å²) in [7, 11) is -1.89. The third-order valence-corrected chi connectivity index (χ3v) is 10.6. The second-order valence-corrected chi connectivity index (χ2v) is 14.5. The van der Waals surface area contributed by atoms with Gasteiger partial charge < -0.3 is 13.9 Å². The molecule has 0 bridgehead atoms. The van der Waals surface area contributed by atoms with Crippen molar-refractivity contribution in [1.82, 2.24) is 0 Å². The van der Waals surface area contributed by atoms with Crippen LogP contribution < -0.4 is 0 Å². The Bertz CT molecular complexity index is 660. The second-order valence-electron chi connectivity index (χ2n) is 9.71. The Kier molecular flexibility index (Phi) is 8.89. The number of hydrogen-bond acceptors (Lipinski definition) is 3. The predicted molar refractivity (Wildman–Crippen MR) is 125 cm³/mol. The molecule has 29 heavy (non-hydrogen) atoms. The maximum atomic E-state index is 6.77. The molecule has 1 aliphatic rings. The van der Waals surface area contributed by atoms with Crippen molar-refractivity contribution in [2.24, 2.45) is 0 Å². The van der Waals surface area contributed by atoms with Crippen molar-refractivity contribution in [3.63, 3.8) is 0 Å². The van der Waals surface area contributed by atoms with Crippen LogP contribution >= 0.6 is 0 Å². The van der Waals surface area contributed by atoms with Crippen LogP contribution in [0.3, 0.4) is 0 Å². The standard InChI is InChI=1S/C25H40O3Si/c1-8-23-24(28-29(6,7)25(3,4)5)16-12-13-20(2)17-22(27-23)19-26-18-21-14-10-9-11-15-21/h8-11,13-15,22-24H,1,12,16-19H2,2-7H3/b20-13-/t22-,23-,24-/m1/s1. The Labute approximate surface area is 179 Å². The van der Waals surface area contributed by atoms with Gasteiger partial charge in [-0.3, -0.25) is 0 Å². The van der Waals surface area contributed by atoms with Gasteiger partial charge in [0, 0.05) is 0 Å². The molecule has 2 rings (SSSR count). The van der Waals surface area contributed by atoms with Crippen molar-refractivity contribution in [3.8, 4) is 0 Å². The first-order chi connectivity index (χ1) is 13.6. The summed E-state index contributed by atoms with van der Waals surface area (Å²) >= 11 is 0. The number of benzene rings is 1. The number of ether oxygens (including phenoxy) is 2. The monoisotopic (exact) mass is 416 g/mol. The molecule has 3 atom stereocenters. The molecule has 1 aromatic rings. The fraction of sp³-hybridized carbons (Fsp3) is 0.600. The zero-order valence-electron chi connectivity index (χ0n) is 19.2. The highest BCUT2D eigenvalue weighted by atomic mass is 28.4. The summed E-state index contributed by atoms with van der Waals surface area (Å²) < 4.78 is 19.3. The van der Waals surface area contributed by atoms with Crippen molar-refractivity contribution in [2.75, 3.05) is 6.61 Å². The van der Waals surface area contributed by atoms with Crippen LogP contribution in [0.4, 0.5) is 0 Å². The van der Waals surface area contributed by atoms with E-state index in [1.807, 2.05) is 24.3 Å². The molecule has 4 heteroatoms. The van der Waals surface area contributed by atoms with E-state index >= 15 is 0 Å². The Balaban J connectivity index is 2.07. The summed E-state index contributed by atoms with van der Waals surface area (Å²) in [4.78, 5) is 0. The average molecular weight is 417 g/mol. The van der Waals surface area contributed by atoms with Crippen molar-refractivity contribution in [2.45, 2.75) is 90.0 Å². The fourth-order valence-corrected chi connectivity index (χ4v) is 4.69. The zero-order chi connectivity index (χ0) is 21.5. The number of hydrogen-bond donors (Lipinski definition) is 0. The van der Waals surface area contributed by atoms with Gasteiger partial charge in [-0.25, -0.2) is 0 Å². The highest BCUT2D eigenvalue weighted by molar-refractivity contribution is 6.74. The molecule has 0 radical (unpaired) electrons. The minimum Gasteiger partial charge on any atom is -0.411 e. The highest BCUT2D eigenvalue weighted by Gasteiger charge is 2.41. The van der Waals surface area contributed by atoms with Gasteiger partial charge in [-0.05, 0) is 49.9 Å².